The maximum absolute atomic E-state index is 15.2. The highest BCUT2D eigenvalue weighted by Crippen LogP contribution is 2.51. The summed E-state index contributed by atoms with van der Waals surface area (Å²) >= 11 is 0. The number of nitrogens with zero attached hydrogens (tertiary/aromatic N) is 2. The lowest BCUT2D eigenvalue weighted by molar-refractivity contribution is -0.142. The number of anilines is 2. The van der Waals surface area contributed by atoms with Gasteiger partial charge in [-0.3, -0.25) is 29.0 Å². The number of rotatable bonds is 2. The quantitative estimate of drug-likeness (QED) is 0.252. The molecule has 1 heterocycles. The van der Waals surface area contributed by atoms with Gasteiger partial charge in [0.2, 0.25) is 23.4 Å². The zero-order valence-electron chi connectivity index (χ0n) is 25.3. The van der Waals surface area contributed by atoms with E-state index in [4.69, 9.17) is 0 Å². The van der Waals surface area contributed by atoms with E-state index < -0.39 is 34.5 Å². The van der Waals surface area contributed by atoms with Crippen molar-refractivity contribution in [3.63, 3.8) is 0 Å². The first kappa shape index (κ1) is 27.6. The first-order chi connectivity index (χ1) is 19.7. The summed E-state index contributed by atoms with van der Waals surface area (Å²) in [4.78, 5) is 62.7. The molecule has 6 heteroatoms. The van der Waals surface area contributed by atoms with Crippen LogP contribution in [0.4, 0.5) is 11.4 Å². The molecule has 2 aliphatic rings. The van der Waals surface area contributed by atoms with Gasteiger partial charge in [0.15, 0.2) is 0 Å². The van der Waals surface area contributed by atoms with E-state index in [0.29, 0.717) is 27.9 Å². The highest BCUT2D eigenvalue weighted by molar-refractivity contribution is 6.43. The minimum atomic E-state index is -2.30. The van der Waals surface area contributed by atoms with Crippen LogP contribution in [0.2, 0.25) is 0 Å². The first-order valence-electron chi connectivity index (χ1n) is 14.2. The Morgan fingerprint density at radius 3 is 1.26 bits per heavy atom. The Hall–Kier alpha value is -4.58. The van der Waals surface area contributed by atoms with Crippen molar-refractivity contribution in [1.82, 2.24) is 0 Å². The molecule has 212 valence electrons. The Balaban J connectivity index is 1.84. The van der Waals surface area contributed by atoms with E-state index in [9.17, 15) is 9.59 Å². The van der Waals surface area contributed by atoms with Gasteiger partial charge in [0.25, 0.3) is 5.66 Å². The van der Waals surface area contributed by atoms with E-state index in [2.05, 4.69) is 0 Å². The third-order valence-electron chi connectivity index (χ3n) is 8.87. The van der Waals surface area contributed by atoms with Crippen molar-refractivity contribution in [2.75, 3.05) is 9.80 Å². The molecule has 0 saturated carbocycles. The van der Waals surface area contributed by atoms with Crippen molar-refractivity contribution >= 4 is 45.5 Å². The third kappa shape index (κ3) is 3.38. The number of ketones is 2. The molecule has 6 nitrogen and oxygen atoms in total. The molecule has 1 fully saturated rings. The minimum Gasteiger partial charge on any atom is -0.289 e. The maximum Gasteiger partial charge on any atom is 0.256 e. The Morgan fingerprint density at radius 1 is 0.548 bits per heavy atom. The second kappa shape index (κ2) is 8.96. The highest BCUT2D eigenvalue weighted by atomic mass is 16.2. The molecule has 0 aromatic heterocycles. The molecule has 0 unspecified atom stereocenters. The fourth-order valence-corrected chi connectivity index (χ4v) is 7.23. The SMILES string of the molecule is Cc1cc(C)c(N2C(=O)C(C)(C)C(=O)N(c3c(C)cc(C)cc3C)C23C(=O)c2cccc4cccc(c24)C3=O)c(C)c1. The van der Waals surface area contributed by atoms with E-state index >= 15 is 9.59 Å². The van der Waals surface area contributed by atoms with E-state index in [0.717, 1.165) is 38.8 Å². The summed E-state index contributed by atoms with van der Waals surface area (Å²) in [6, 6.07) is 18.4. The Kier molecular flexibility index (Phi) is 5.88. The van der Waals surface area contributed by atoms with Gasteiger partial charge >= 0.3 is 0 Å². The average molecular weight is 559 g/mol. The molecule has 6 rings (SSSR count). The minimum absolute atomic E-state index is 0.308. The molecular weight excluding hydrogens is 524 g/mol. The number of amides is 2. The number of carbonyl (C=O) groups excluding carboxylic acids is 4. The van der Waals surface area contributed by atoms with Crippen LogP contribution in [0.15, 0.2) is 60.7 Å². The summed E-state index contributed by atoms with van der Waals surface area (Å²) in [7, 11) is 0. The molecule has 0 radical (unpaired) electrons. The Bertz CT molecular complexity index is 1740. The predicted molar refractivity (Wildman–Crippen MR) is 165 cm³/mol. The summed E-state index contributed by atoms with van der Waals surface area (Å²) in [6.07, 6.45) is 0. The van der Waals surface area contributed by atoms with Crippen molar-refractivity contribution in [3.8, 4) is 0 Å². The van der Waals surface area contributed by atoms with Crippen molar-refractivity contribution in [1.29, 1.82) is 0 Å². The van der Waals surface area contributed by atoms with Gasteiger partial charge in [0, 0.05) is 16.5 Å². The van der Waals surface area contributed by atoms with Gasteiger partial charge in [0.05, 0.1) is 11.4 Å². The normalized spacial score (nSPS) is 17.5. The second-order valence-corrected chi connectivity index (χ2v) is 12.4. The highest BCUT2D eigenvalue weighted by Gasteiger charge is 2.69. The number of benzene rings is 4. The van der Waals surface area contributed by atoms with Crippen LogP contribution in [0.1, 0.15) is 67.9 Å². The van der Waals surface area contributed by atoms with Crippen LogP contribution in [-0.2, 0) is 9.59 Å². The summed E-state index contributed by atoms with van der Waals surface area (Å²) in [5.41, 5.74) is 2.59. The van der Waals surface area contributed by atoms with Crippen LogP contribution in [0.3, 0.4) is 0 Å². The molecule has 4 aromatic carbocycles. The topological polar surface area (TPSA) is 74.8 Å². The summed E-state index contributed by atoms with van der Waals surface area (Å²) < 4.78 is 0. The number of hydrogen-bond donors (Lipinski definition) is 0. The molecular formula is C36H34N2O4. The molecule has 1 spiro atoms. The zero-order chi connectivity index (χ0) is 30.5. The van der Waals surface area contributed by atoms with E-state index in [1.165, 1.54) is 9.80 Å². The van der Waals surface area contributed by atoms with E-state index in [-0.39, 0.29) is 0 Å². The second-order valence-electron chi connectivity index (χ2n) is 12.4. The predicted octanol–water partition coefficient (Wildman–Crippen LogP) is 6.87. The van der Waals surface area contributed by atoms with Gasteiger partial charge in [-0.05, 0) is 83.0 Å². The largest absolute Gasteiger partial charge is 0.289 e. The molecule has 2 amide bonds. The van der Waals surface area contributed by atoms with Crippen molar-refractivity contribution < 1.29 is 19.2 Å². The lowest BCUT2D eigenvalue weighted by Crippen LogP contribution is -2.81. The van der Waals surface area contributed by atoms with Crippen molar-refractivity contribution in [2.24, 2.45) is 5.41 Å². The van der Waals surface area contributed by atoms with Crippen molar-refractivity contribution in [2.45, 2.75) is 61.1 Å². The molecule has 42 heavy (non-hydrogen) atoms. The van der Waals surface area contributed by atoms with Crippen LogP contribution in [0.5, 0.6) is 0 Å². The summed E-state index contributed by atoms with van der Waals surface area (Å²) in [5, 5.41) is 1.29. The van der Waals surface area contributed by atoms with Crippen LogP contribution in [0, 0.1) is 47.0 Å². The number of hydrogen-bond acceptors (Lipinski definition) is 4. The number of carbonyl (C=O) groups is 4. The van der Waals surface area contributed by atoms with Crippen LogP contribution in [0.25, 0.3) is 10.8 Å². The molecule has 1 aliphatic carbocycles. The lowest BCUT2D eigenvalue weighted by atomic mass is 9.72. The maximum atomic E-state index is 15.2. The van der Waals surface area contributed by atoms with Crippen LogP contribution < -0.4 is 9.80 Å². The first-order valence-corrected chi connectivity index (χ1v) is 14.2. The van der Waals surface area contributed by atoms with Gasteiger partial charge in [-0.25, -0.2) is 0 Å². The third-order valence-corrected chi connectivity index (χ3v) is 8.87. The lowest BCUT2D eigenvalue weighted by Gasteiger charge is -2.56. The van der Waals surface area contributed by atoms with Gasteiger partial charge in [-0.2, -0.15) is 0 Å². The van der Waals surface area contributed by atoms with Gasteiger partial charge in [0.1, 0.15) is 5.41 Å². The smallest absolute Gasteiger partial charge is 0.256 e. The fraction of sp³-hybridized carbons (Fsp3) is 0.278. The summed E-state index contributed by atoms with van der Waals surface area (Å²) in [6.45, 7) is 14.6. The molecule has 1 saturated heterocycles. The van der Waals surface area contributed by atoms with Crippen molar-refractivity contribution in [3.05, 3.63) is 105 Å². The Morgan fingerprint density at radius 2 is 0.905 bits per heavy atom. The molecule has 0 N–H and O–H groups in total. The molecule has 4 aromatic rings. The number of aryl methyl sites for hydroxylation is 6. The van der Waals surface area contributed by atoms with Crippen LogP contribution in [-0.4, -0.2) is 29.0 Å². The van der Waals surface area contributed by atoms with E-state index in [1.807, 2.05) is 77.9 Å². The molecule has 0 bridgehead atoms. The van der Waals surface area contributed by atoms with E-state index in [1.54, 1.807) is 38.1 Å². The van der Waals surface area contributed by atoms with Gasteiger partial charge in [-0.1, -0.05) is 71.8 Å². The molecule has 0 atom stereocenters. The fourth-order valence-electron chi connectivity index (χ4n) is 7.23. The van der Waals surface area contributed by atoms with Gasteiger partial charge < -0.3 is 0 Å². The number of Topliss-reactive ketones (excluding diaryl/α,β-unsaturated/α-hetero) is 2. The monoisotopic (exact) mass is 558 g/mol. The zero-order valence-corrected chi connectivity index (χ0v) is 25.3. The molecule has 1 aliphatic heterocycles. The van der Waals surface area contributed by atoms with Crippen LogP contribution >= 0.6 is 0 Å². The average Bonchev–Trinajstić information content (AvgIpc) is 2.91. The summed E-state index contributed by atoms with van der Waals surface area (Å²) in [5.74, 6) is -2.36. The van der Waals surface area contributed by atoms with Gasteiger partial charge in [-0.15, -0.1) is 0 Å². The standard InChI is InChI=1S/C36H34N2O4/c1-19-15-21(3)29(22(4)16-19)37-33(41)35(7,8)34(42)38(30-23(5)17-20(2)18-24(30)6)36(37)31(39)26-13-9-11-25-12-10-14-27(28(25)26)32(36)40/h9-18H,1-8H3. The Labute approximate surface area is 245 Å².